The van der Waals surface area contributed by atoms with Crippen LogP contribution in [0.1, 0.15) is 190 Å². The van der Waals surface area contributed by atoms with Gasteiger partial charge in [-0.1, -0.05) is 142 Å². The van der Waals surface area contributed by atoms with Crippen LogP contribution < -0.4 is 0 Å². The second kappa shape index (κ2) is 39.3. The number of carbonyl (C=O) groups is 8. The molecule has 21 heteroatoms. The number of halogens is 1. The second-order valence-electron chi connectivity index (χ2n) is 30.9. The van der Waals surface area contributed by atoms with Gasteiger partial charge in [0.1, 0.15) is 0 Å². The third-order valence-electron chi connectivity index (χ3n) is 22.5. The molecule has 0 N–H and O–H groups in total. The number of nitrogens with zero attached hydrogens (tertiary/aromatic N) is 8. The maximum absolute atomic E-state index is 13.3. The summed E-state index contributed by atoms with van der Waals surface area (Å²) in [5.74, 6) is -1.30. The number of ketones is 4. The number of carbonyl (C=O) groups excluding carboxylic acids is 8. The highest BCUT2D eigenvalue weighted by Gasteiger charge is 2.23. The van der Waals surface area contributed by atoms with Crippen LogP contribution in [0.25, 0.3) is 87.2 Å². The molecular weight excluding hydrogens is 1600 g/mol. The summed E-state index contributed by atoms with van der Waals surface area (Å²) >= 11 is 5.90. The molecule has 0 aliphatic carbocycles. The molecule has 16 aromatic rings. The number of aromatic nitrogens is 4. The van der Waals surface area contributed by atoms with Crippen molar-refractivity contribution in [3.8, 4) is 0 Å². The van der Waals surface area contributed by atoms with Gasteiger partial charge in [0.2, 0.25) is 0 Å². The molecule has 0 saturated heterocycles. The van der Waals surface area contributed by atoms with Crippen LogP contribution in [0.5, 0.6) is 0 Å². The van der Waals surface area contributed by atoms with Crippen LogP contribution >= 0.6 is 11.6 Å². The summed E-state index contributed by atoms with van der Waals surface area (Å²) in [5.41, 5.74) is 23.8. The lowest BCUT2D eigenvalue weighted by Gasteiger charge is -2.07. The Bertz CT molecular complexity index is 6980. The van der Waals surface area contributed by atoms with E-state index in [9.17, 15) is 38.4 Å². The Morgan fingerprint density at radius 1 is 0.286 bits per heavy atom. The van der Waals surface area contributed by atoms with Gasteiger partial charge in [-0.25, -0.2) is 19.2 Å². The zero-order valence-electron chi connectivity index (χ0n) is 73.2. The Hall–Kier alpha value is -14.6. The molecule has 4 aromatic heterocycles. The first-order chi connectivity index (χ1) is 60.6. The van der Waals surface area contributed by atoms with Crippen LogP contribution in [0.15, 0.2) is 263 Å². The van der Waals surface area contributed by atoms with Gasteiger partial charge >= 0.3 is 23.9 Å². The quantitative estimate of drug-likeness (QED) is 0.0202. The molecule has 0 unspecified atom stereocenters. The maximum atomic E-state index is 13.3. The highest BCUT2D eigenvalue weighted by Crippen LogP contribution is 2.37. The first-order valence-electron chi connectivity index (χ1n) is 41.7. The summed E-state index contributed by atoms with van der Waals surface area (Å²) in [6.07, 6.45) is 1.30. The molecule has 4 heterocycles. The fourth-order valence-electron chi connectivity index (χ4n) is 16.1. The molecule has 12 aromatic carbocycles. The number of hydrogen-bond donors (Lipinski definition) is 0. The van der Waals surface area contributed by atoms with E-state index < -0.39 is 23.9 Å². The van der Waals surface area contributed by atoms with Gasteiger partial charge in [-0.2, -0.15) is 0 Å². The van der Waals surface area contributed by atoms with E-state index in [2.05, 4.69) is 71.8 Å². The largest absolute Gasteiger partial charge is 0.344 e. The Morgan fingerprint density at radius 3 is 0.746 bits per heavy atom. The van der Waals surface area contributed by atoms with E-state index in [4.69, 9.17) is 31.0 Å². The highest BCUT2D eigenvalue weighted by atomic mass is 35.5. The molecule has 0 saturated carbocycles. The van der Waals surface area contributed by atoms with E-state index in [1.54, 1.807) is 20.8 Å². The van der Waals surface area contributed by atoms with E-state index in [-0.39, 0.29) is 23.1 Å². The standard InChI is InChI=1S/C28H27ClN2O3.2C26H24N2O3.C25H22N2O3/c1-4-31-26-13-11-20(25(10-7-15-29)30-34-19(3)32)16-23(26)24-17-21(12-14-27(24)31)28(33)22-9-6-5-8-18(22)2;2*1-5-28-24-12-10-19(17(3)27-31-18(4)29)14-22(24)23-15-20(11-13-25(23)28)26(30)21-9-7-6-8-16(21)2;1-15-7-5-6-8-20(15)25(29)19-10-12-24-22(14-19)21-13-18(9-11-23(21)27(24)4)16(2)26-30-17(3)28/h5-6,8-9,11-14,16-17H,4,7,10,15H2,1-3H3;2*6-15H,5H2,1-4H3;5-14H,1-4H3/b30-25+;2*27-17+;26-16+. The predicted molar refractivity (Wildman–Crippen MR) is 504 cm³/mol. The van der Waals surface area contributed by atoms with Crippen LogP contribution in [0, 0.1) is 27.7 Å². The van der Waals surface area contributed by atoms with Crippen molar-refractivity contribution >= 4 is 169 Å². The summed E-state index contributed by atoms with van der Waals surface area (Å²) < 4.78 is 8.80. The normalized spacial score (nSPS) is 11.8. The Kier molecular flexibility index (Phi) is 27.8. The summed E-state index contributed by atoms with van der Waals surface area (Å²) in [4.78, 5) is 117. The number of benzene rings is 12. The predicted octanol–water partition coefficient (Wildman–Crippen LogP) is 23.1. The maximum Gasteiger partial charge on any atom is 0.331 e. The first kappa shape index (κ1) is 89.1. The number of hydrogen-bond acceptors (Lipinski definition) is 16. The van der Waals surface area contributed by atoms with Crippen molar-refractivity contribution in [2.75, 3.05) is 5.88 Å². The summed E-state index contributed by atoms with van der Waals surface area (Å²) in [6, 6.07) is 78.2. The molecule has 0 aliphatic rings. The second-order valence-corrected chi connectivity index (χ2v) is 31.3. The molecule has 0 atom stereocenters. The highest BCUT2D eigenvalue weighted by molar-refractivity contribution is 6.22. The molecule has 636 valence electrons. The van der Waals surface area contributed by atoms with Crippen LogP contribution in [-0.2, 0) is 65.2 Å². The minimum atomic E-state index is -0.466. The van der Waals surface area contributed by atoms with E-state index in [1.807, 2.05) is 265 Å². The zero-order valence-corrected chi connectivity index (χ0v) is 73.9. The molecule has 0 bridgehead atoms. The molecule has 126 heavy (non-hydrogen) atoms. The van der Waals surface area contributed by atoms with Crippen molar-refractivity contribution in [3.63, 3.8) is 0 Å². The molecular formula is C105H97ClN8O12. The van der Waals surface area contributed by atoms with Gasteiger partial charge in [0.05, 0.1) is 22.8 Å². The Labute approximate surface area is 734 Å². The SMILES string of the molecule is CC(=O)O/N=C(\C)c1ccc2c(c1)c1cc(C(=O)c3ccccc3C)ccc1n2C.CCn1c2ccc(C(=O)c3ccccc3C)cc2c2cc(/C(C)=N/OC(C)=O)ccc21.CCn1c2ccc(C(=O)c3ccccc3C)cc2c2cc(/C(C)=N/OC(C)=O)ccc21.CCn1c2ccc(C(=O)c3ccccc3C)cc2c2cc(/C(CCCCl)=N/OC(C)=O)ccc21. The van der Waals surface area contributed by atoms with E-state index in [1.165, 1.54) is 27.7 Å². The fraction of sp³-hybridized carbons (Fsp3) is 0.200. The monoisotopic (exact) mass is 1700 g/mol. The average molecular weight is 1700 g/mol. The third kappa shape index (κ3) is 19.1. The minimum Gasteiger partial charge on any atom is -0.344 e. The van der Waals surface area contributed by atoms with Gasteiger partial charge < -0.3 is 37.6 Å². The third-order valence-corrected chi connectivity index (χ3v) is 22.8. The van der Waals surface area contributed by atoms with Crippen molar-refractivity contribution in [3.05, 3.63) is 332 Å². The van der Waals surface area contributed by atoms with E-state index in [0.29, 0.717) is 86.1 Å². The molecule has 0 fully saturated rings. The summed E-state index contributed by atoms with van der Waals surface area (Å²) in [7, 11) is 2.01. The fourth-order valence-corrected chi connectivity index (χ4v) is 16.2. The lowest BCUT2D eigenvalue weighted by atomic mass is 9.97. The van der Waals surface area contributed by atoms with Gasteiger partial charge in [0, 0.05) is 198 Å². The first-order valence-corrected chi connectivity index (χ1v) is 42.2. The topological polar surface area (TPSA) is 243 Å². The summed E-state index contributed by atoms with van der Waals surface area (Å²) in [5, 5.41) is 23.9. The van der Waals surface area contributed by atoms with Gasteiger partial charge in [-0.05, 0) is 242 Å². The Morgan fingerprint density at radius 2 is 0.500 bits per heavy atom. The number of fused-ring (bicyclic) bond motifs is 12. The number of oxime groups is 4. The van der Waals surface area contributed by atoms with E-state index >= 15 is 0 Å². The van der Waals surface area contributed by atoms with Gasteiger partial charge in [-0.15, -0.1) is 11.6 Å². The van der Waals surface area contributed by atoms with Crippen molar-refractivity contribution in [2.24, 2.45) is 27.7 Å². The Balaban J connectivity index is 0.000000144. The van der Waals surface area contributed by atoms with Crippen LogP contribution in [-0.4, -0.2) is 94.0 Å². The number of aryl methyl sites for hydroxylation is 8. The molecule has 0 amide bonds. The average Bonchev–Trinajstić information content (AvgIpc) is 1.62. The van der Waals surface area contributed by atoms with Crippen LogP contribution in [0.4, 0.5) is 0 Å². The summed E-state index contributed by atoms with van der Waals surface area (Å²) in [6.45, 7) is 27.2. The van der Waals surface area contributed by atoms with Crippen molar-refractivity contribution in [1.82, 2.24) is 18.3 Å². The van der Waals surface area contributed by atoms with Gasteiger partial charge in [0.15, 0.2) is 23.1 Å². The van der Waals surface area contributed by atoms with Crippen molar-refractivity contribution in [2.45, 2.75) is 129 Å². The van der Waals surface area contributed by atoms with Crippen molar-refractivity contribution < 1.29 is 57.7 Å². The van der Waals surface area contributed by atoms with Crippen LogP contribution in [0.2, 0.25) is 0 Å². The van der Waals surface area contributed by atoms with Gasteiger partial charge in [-0.3, -0.25) is 19.2 Å². The van der Waals surface area contributed by atoms with Crippen LogP contribution in [0.3, 0.4) is 0 Å². The molecule has 20 nitrogen and oxygen atoms in total. The lowest BCUT2D eigenvalue weighted by molar-refractivity contribution is -0.141. The molecule has 0 aliphatic heterocycles. The van der Waals surface area contributed by atoms with Crippen molar-refractivity contribution in [1.29, 1.82) is 0 Å². The minimum absolute atomic E-state index is 0.00720. The molecule has 0 spiro atoms. The smallest absolute Gasteiger partial charge is 0.331 e. The van der Waals surface area contributed by atoms with Gasteiger partial charge in [0.25, 0.3) is 0 Å². The lowest BCUT2D eigenvalue weighted by Crippen LogP contribution is -2.05. The number of rotatable bonds is 22. The molecule has 0 radical (unpaired) electrons. The number of alkyl halides is 1. The molecule has 16 rings (SSSR count). The zero-order chi connectivity index (χ0) is 89.9. The van der Waals surface area contributed by atoms with E-state index in [0.717, 1.165) is 151 Å².